The van der Waals surface area contributed by atoms with Crippen molar-refractivity contribution in [2.75, 3.05) is 19.2 Å². The van der Waals surface area contributed by atoms with Crippen LogP contribution in [0.1, 0.15) is 12.8 Å². The molecule has 124 valence electrons. The van der Waals surface area contributed by atoms with Gasteiger partial charge in [0.25, 0.3) is 0 Å². The Morgan fingerprint density at radius 3 is 2.62 bits per heavy atom. The van der Waals surface area contributed by atoms with E-state index >= 15 is 0 Å². The lowest BCUT2D eigenvalue weighted by molar-refractivity contribution is -0.118. The van der Waals surface area contributed by atoms with Gasteiger partial charge in [-0.2, -0.15) is 5.10 Å². The molecule has 2 aromatic rings. The van der Waals surface area contributed by atoms with Crippen molar-refractivity contribution in [3.8, 4) is 22.6 Å². The Kier molecular flexibility index (Phi) is 4.46. The van der Waals surface area contributed by atoms with Gasteiger partial charge >= 0.3 is 0 Å². The van der Waals surface area contributed by atoms with E-state index in [1.807, 2.05) is 0 Å². The van der Waals surface area contributed by atoms with Crippen LogP contribution in [0.15, 0.2) is 41.5 Å². The molecule has 0 radical (unpaired) electrons. The van der Waals surface area contributed by atoms with Crippen molar-refractivity contribution in [2.45, 2.75) is 12.8 Å². The summed E-state index contributed by atoms with van der Waals surface area (Å²) in [7, 11) is 3.04. The second-order valence-corrected chi connectivity index (χ2v) is 5.25. The first-order valence-corrected chi connectivity index (χ1v) is 7.52. The highest BCUT2D eigenvalue weighted by atomic mass is 19.1. The Morgan fingerprint density at radius 1 is 1.12 bits per heavy atom. The van der Waals surface area contributed by atoms with Gasteiger partial charge in [-0.1, -0.05) is 12.1 Å². The summed E-state index contributed by atoms with van der Waals surface area (Å²) < 4.78 is 25.3. The Bertz CT molecular complexity index is 805. The number of benzene rings is 2. The molecule has 0 saturated carbocycles. The molecule has 0 saturated heterocycles. The van der Waals surface area contributed by atoms with Gasteiger partial charge in [-0.05, 0) is 24.6 Å². The summed E-state index contributed by atoms with van der Waals surface area (Å²) >= 11 is 0. The maximum absolute atomic E-state index is 14.7. The lowest BCUT2D eigenvalue weighted by Crippen LogP contribution is -2.28. The van der Waals surface area contributed by atoms with Gasteiger partial charge in [0.2, 0.25) is 5.91 Å². The first-order chi connectivity index (χ1) is 11.7. The topological polar surface area (TPSA) is 51.1 Å². The second-order valence-electron chi connectivity index (χ2n) is 5.25. The number of ether oxygens (including phenoxy) is 2. The number of rotatable bonds is 4. The van der Waals surface area contributed by atoms with Gasteiger partial charge in [0.05, 0.1) is 19.9 Å². The molecule has 24 heavy (non-hydrogen) atoms. The van der Waals surface area contributed by atoms with E-state index in [9.17, 15) is 9.18 Å². The van der Waals surface area contributed by atoms with Crippen LogP contribution in [0, 0.1) is 5.82 Å². The maximum atomic E-state index is 14.7. The van der Waals surface area contributed by atoms with Crippen molar-refractivity contribution in [2.24, 2.45) is 5.10 Å². The number of anilines is 1. The van der Waals surface area contributed by atoms with E-state index in [0.717, 1.165) is 0 Å². The minimum Gasteiger partial charge on any atom is -0.493 e. The molecule has 1 aliphatic heterocycles. The molecular weight excluding hydrogens is 311 g/mol. The Labute approximate surface area is 139 Å². The molecule has 2 aromatic carbocycles. The molecule has 0 spiro atoms. The molecular formula is C18H17FN2O3. The van der Waals surface area contributed by atoms with E-state index in [2.05, 4.69) is 5.10 Å². The predicted octanol–water partition coefficient (Wildman–Crippen LogP) is 3.62. The van der Waals surface area contributed by atoms with Crippen LogP contribution in [0.5, 0.6) is 11.5 Å². The van der Waals surface area contributed by atoms with Crippen LogP contribution >= 0.6 is 0 Å². The second kappa shape index (κ2) is 6.70. The van der Waals surface area contributed by atoms with Crippen molar-refractivity contribution in [1.29, 1.82) is 0 Å². The third kappa shape index (κ3) is 2.82. The van der Waals surface area contributed by atoms with Gasteiger partial charge in [-0.3, -0.25) is 4.79 Å². The zero-order valence-corrected chi connectivity index (χ0v) is 13.5. The van der Waals surface area contributed by atoms with Crippen molar-refractivity contribution < 1.29 is 18.7 Å². The van der Waals surface area contributed by atoms with Gasteiger partial charge in [-0.25, -0.2) is 9.40 Å². The van der Waals surface area contributed by atoms with Crippen LogP contribution in [0.2, 0.25) is 0 Å². The minimum atomic E-state index is -0.465. The third-order valence-corrected chi connectivity index (χ3v) is 3.81. The summed E-state index contributed by atoms with van der Waals surface area (Å²) in [6.07, 6.45) is 2.63. The lowest BCUT2D eigenvalue weighted by atomic mass is 10.0. The molecule has 0 fully saturated rings. The van der Waals surface area contributed by atoms with E-state index in [-0.39, 0.29) is 5.91 Å². The molecule has 0 aliphatic carbocycles. The molecule has 0 atom stereocenters. The summed E-state index contributed by atoms with van der Waals surface area (Å²) in [5.74, 6) is 0.365. The van der Waals surface area contributed by atoms with Crippen LogP contribution in [-0.4, -0.2) is 26.3 Å². The first kappa shape index (κ1) is 16.0. The first-order valence-electron chi connectivity index (χ1n) is 7.52. The number of carbonyl (C=O) groups excluding carboxylic acids is 1. The highest BCUT2D eigenvalue weighted by molar-refractivity contribution is 5.97. The van der Waals surface area contributed by atoms with Gasteiger partial charge in [0.1, 0.15) is 5.82 Å². The largest absolute Gasteiger partial charge is 0.493 e. The Balaban J connectivity index is 2.04. The molecule has 1 heterocycles. The minimum absolute atomic E-state index is 0.149. The van der Waals surface area contributed by atoms with E-state index in [1.165, 1.54) is 25.3 Å². The zero-order chi connectivity index (χ0) is 17.1. The number of hydrogen-bond donors (Lipinski definition) is 0. The fraction of sp³-hybridized carbons (Fsp3) is 0.222. The SMILES string of the molecule is COc1cccc(-c2ccc(N3N=CCCC3=O)cc2F)c1OC. The number of hydrazone groups is 1. The highest BCUT2D eigenvalue weighted by Gasteiger charge is 2.20. The lowest BCUT2D eigenvalue weighted by Gasteiger charge is -2.20. The zero-order valence-electron chi connectivity index (χ0n) is 13.5. The van der Waals surface area contributed by atoms with E-state index in [0.29, 0.717) is 41.2 Å². The average Bonchev–Trinajstić information content (AvgIpc) is 2.61. The summed E-state index contributed by atoms with van der Waals surface area (Å²) in [6.45, 7) is 0. The number of amides is 1. The van der Waals surface area contributed by atoms with E-state index in [4.69, 9.17) is 9.47 Å². The van der Waals surface area contributed by atoms with Crippen molar-refractivity contribution in [3.05, 3.63) is 42.2 Å². The fourth-order valence-corrected chi connectivity index (χ4v) is 2.66. The molecule has 5 nitrogen and oxygen atoms in total. The number of hydrogen-bond acceptors (Lipinski definition) is 4. The summed E-state index contributed by atoms with van der Waals surface area (Å²) in [6, 6.07) is 9.84. The van der Waals surface area contributed by atoms with Crippen molar-refractivity contribution in [1.82, 2.24) is 0 Å². The van der Waals surface area contributed by atoms with Gasteiger partial charge in [0, 0.05) is 29.8 Å². The normalized spacial score (nSPS) is 14.0. The number of para-hydroxylation sites is 1. The van der Waals surface area contributed by atoms with Crippen molar-refractivity contribution in [3.63, 3.8) is 0 Å². The standard InChI is InChI=1S/C18H17FN2O3/c1-23-16-6-3-5-14(18(16)24-2)13-9-8-12(11-15(13)19)21-17(22)7-4-10-20-21/h3,5-6,8-11H,4,7H2,1-2H3. The van der Waals surface area contributed by atoms with Crippen molar-refractivity contribution >= 4 is 17.8 Å². The molecule has 1 aliphatic rings. The smallest absolute Gasteiger partial charge is 0.247 e. The van der Waals surface area contributed by atoms with Crippen LogP contribution in [0.4, 0.5) is 10.1 Å². The van der Waals surface area contributed by atoms with Crippen LogP contribution in [0.25, 0.3) is 11.1 Å². The van der Waals surface area contributed by atoms with Gasteiger partial charge in [0.15, 0.2) is 11.5 Å². The summed E-state index contributed by atoms with van der Waals surface area (Å²) in [4.78, 5) is 11.9. The summed E-state index contributed by atoms with van der Waals surface area (Å²) in [5, 5.41) is 5.25. The molecule has 0 N–H and O–H groups in total. The molecule has 1 amide bonds. The molecule has 6 heteroatoms. The van der Waals surface area contributed by atoms with E-state index < -0.39 is 5.82 Å². The number of halogens is 1. The average molecular weight is 328 g/mol. The number of methoxy groups -OCH3 is 2. The van der Waals surface area contributed by atoms with Gasteiger partial charge < -0.3 is 9.47 Å². The van der Waals surface area contributed by atoms with E-state index in [1.54, 1.807) is 36.5 Å². The Hall–Kier alpha value is -2.89. The molecule has 3 rings (SSSR count). The summed E-state index contributed by atoms with van der Waals surface area (Å²) in [5.41, 5.74) is 1.34. The Morgan fingerprint density at radius 2 is 1.96 bits per heavy atom. The van der Waals surface area contributed by atoms with Crippen LogP contribution in [-0.2, 0) is 4.79 Å². The molecule has 0 bridgehead atoms. The quantitative estimate of drug-likeness (QED) is 0.861. The maximum Gasteiger partial charge on any atom is 0.247 e. The number of carbonyl (C=O) groups is 1. The van der Waals surface area contributed by atoms with Crippen LogP contribution in [0.3, 0.4) is 0 Å². The number of nitrogens with zero attached hydrogens (tertiary/aromatic N) is 2. The monoisotopic (exact) mass is 328 g/mol. The molecule has 0 unspecified atom stereocenters. The predicted molar refractivity (Wildman–Crippen MR) is 90.2 cm³/mol. The third-order valence-electron chi connectivity index (χ3n) is 3.81. The fourth-order valence-electron chi connectivity index (χ4n) is 2.66. The van der Waals surface area contributed by atoms with Crippen LogP contribution < -0.4 is 14.5 Å². The van der Waals surface area contributed by atoms with Gasteiger partial charge in [-0.15, -0.1) is 0 Å². The highest BCUT2D eigenvalue weighted by Crippen LogP contribution is 2.39. The molecule has 0 aromatic heterocycles.